The lowest BCUT2D eigenvalue weighted by Gasteiger charge is -2.08. The number of aliphatic hydroxyl groups excluding tert-OH is 1. The molecule has 1 N–H and O–H groups in total. The predicted molar refractivity (Wildman–Crippen MR) is 77.8 cm³/mol. The van der Waals surface area contributed by atoms with Crippen LogP contribution in [0.4, 0.5) is 0 Å². The molecule has 0 aliphatic heterocycles. The van der Waals surface area contributed by atoms with E-state index >= 15 is 0 Å². The normalized spacial score (nSPS) is 12.6. The van der Waals surface area contributed by atoms with Crippen molar-refractivity contribution in [3.05, 3.63) is 46.7 Å². The maximum atomic E-state index is 9.96. The Hall–Kier alpha value is -0.780. The Morgan fingerprint density at radius 3 is 2.94 bits per heavy atom. The second kappa shape index (κ2) is 6.41. The second-order valence-corrected chi connectivity index (χ2v) is 6.12. The number of halogens is 1. The van der Waals surface area contributed by atoms with E-state index in [4.69, 9.17) is 0 Å². The quantitative estimate of drug-likeness (QED) is 0.858. The van der Waals surface area contributed by atoms with E-state index in [-0.39, 0.29) is 6.10 Å². The Morgan fingerprint density at radius 1 is 1.44 bits per heavy atom. The molecule has 0 aliphatic rings. The first-order chi connectivity index (χ1) is 8.63. The molecular formula is C13H15BrN2OS. The Bertz CT molecular complexity index is 515. The molecule has 2 rings (SSSR count). The van der Waals surface area contributed by atoms with E-state index in [1.807, 2.05) is 37.5 Å². The molecule has 0 spiro atoms. The number of benzene rings is 1. The predicted octanol–water partition coefficient (Wildman–Crippen LogP) is 2.88. The molecule has 0 bridgehead atoms. The van der Waals surface area contributed by atoms with E-state index in [1.54, 1.807) is 16.4 Å². The number of rotatable bonds is 5. The number of nitrogens with zero attached hydrogens (tertiary/aromatic N) is 2. The number of aromatic nitrogens is 2. The van der Waals surface area contributed by atoms with Crippen LogP contribution in [0.2, 0.25) is 0 Å². The number of aryl methyl sites for hydroxylation is 1. The second-order valence-electron chi connectivity index (χ2n) is 4.11. The Morgan fingerprint density at radius 2 is 2.28 bits per heavy atom. The number of aliphatic hydroxyl groups is 1. The summed E-state index contributed by atoms with van der Waals surface area (Å²) in [5, 5.41) is 14.2. The van der Waals surface area contributed by atoms with Gasteiger partial charge in [0, 0.05) is 34.8 Å². The van der Waals surface area contributed by atoms with E-state index in [0.29, 0.717) is 12.2 Å². The lowest BCUT2D eigenvalue weighted by molar-refractivity contribution is 0.198. The summed E-state index contributed by atoms with van der Waals surface area (Å²) in [6, 6.07) is 10.0. The van der Waals surface area contributed by atoms with Crippen molar-refractivity contribution in [2.45, 2.75) is 17.4 Å². The van der Waals surface area contributed by atoms with Gasteiger partial charge in [0.1, 0.15) is 0 Å². The highest BCUT2D eigenvalue weighted by molar-refractivity contribution is 9.10. The molecule has 2 aromatic rings. The van der Waals surface area contributed by atoms with E-state index in [2.05, 4.69) is 27.1 Å². The number of hydrogen-bond donors (Lipinski definition) is 1. The van der Waals surface area contributed by atoms with E-state index in [9.17, 15) is 5.11 Å². The average molecular weight is 327 g/mol. The van der Waals surface area contributed by atoms with Crippen LogP contribution in [0.1, 0.15) is 5.69 Å². The highest BCUT2D eigenvalue weighted by Crippen LogP contribution is 2.23. The third kappa shape index (κ3) is 4.15. The molecule has 0 aliphatic carbocycles. The Balaban J connectivity index is 1.83. The van der Waals surface area contributed by atoms with Gasteiger partial charge in [-0.1, -0.05) is 22.0 Å². The third-order valence-corrected chi connectivity index (χ3v) is 4.08. The molecule has 0 saturated heterocycles. The summed E-state index contributed by atoms with van der Waals surface area (Å²) in [6.07, 6.45) is 2.12. The van der Waals surface area contributed by atoms with Crippen molar-refractivity contribution in [1.82, 2.24) is 9.78 Å². The molecule has 0 amide bonds. The summed E-state index contributed by atoms with van der Waals surface area (Å²) >= 11 is 5.09. The van der Waals surface area contributed by atoms with Crippen LogP contribution in [-0.4, -0.2) is 26.7 Å². The summed E-state index contributed by atoms with van der Waals surface area (Å²) in [6.45, 7) is 0. The van der Waals surface area contributed by atoms with Crippen LogP contribution in [0.15, 0.2) is 45.9 Å². The minimum atomic E-state index is -0.371. The van der Waals surface area contributed by atoms with Crippen molar-refractivity contribution in [1.29, 1.82) is 0 Å². The van der Waals surface area contributed by atoms with Crippen LogP contribution >= 0.6 is 27.7 Å². The van der Waals surface area contributed by atoms with Crippen molar-refractivity contribution < 1.29 is 5.11 Å². The molecule has 0 fully saturated rings. The van der Waals surface area contributed by atoms with Gasteiger partial charge >= 0.3 is 0 Å². The number of thioether (sulfide) groups is 1. The topological polar surface area (TPSA) is 38.0 Å². The molecule has 0 radical (unpaired) electrons. The first-order valence-electron chi connectivity index (χ1n) is 5.68. The average Bonchev–Trinajstić information content (AvgIpc) is 2.72. The highest BCUT2D eigenvalue weighted by Gasteiger charge is 2.08. The molecule has 1 aromatic heterocycles. The van der Waals surface area contributed by atoms with Gasteiger partial charge in [0.2, 0.25) is 0 Å². The van der Waals surface area contributed by atoms with Gasteiger partial charge in [-0.05, 0) is 24.3 Å². The fourth-order valence-electron chi connectivity index (χ4n) is 1.62. The van der Waals surface area contributed by atoms with Crippen LogP contribution in [0.25, 0.3) is 0 Å². The van der Waals surface area contributed by atoms with Crippen LogP contribution in [0, 0.1) is 0 Å². The molecule has 1 heterocycles. The zero-order valence-electron chi connectivity index (χ0n) is 10.1. The molecule has 5 heteroatoms. The van der Waals surface area contributed by atoms with Crippen molar-refractivity contribution >= 4 is 27.7 Å². The Kier molecular flexibility index (Phi) is 4.86. The first-order valence-corrected chi connectivity index (χ1v) is 7.46. The summed E-state index contributed by atoms with van der Waals surface area (Å²) in [4.78, 5) is 1.16. The van der Waals surface area contributed by atoms with E-state index < -0.39 is 0 Å². The lowest BCUT2D eigenvalue weighted by Crippen LogP contribution is -2.14. The highest BCUT2D eigenvalue weighted by atomic mass is 79.9. The van der Waals surface area contributed by atoms with Crippen molar-refractivity contribution in [2.75, 3.05) is 5.75 Å². The molecule has 3 nitrogen and oxygen atoms in total. The van der Waals surface area contributed by atoms with Crippen LogP contribution < -0.4 is 0 Å². The van der Waals surface area contributed by atoms with Gasteiger partial charge in [0.25, 0.3) is 0 Å². The molecule has 1 aromatic carbocycles. The van der Waals surface area contributed by atoms with Gasteiger partial charge < -0.3 is 5.11 Å². The van der Waals surface area contributed by atoms with Gasteiger partial charge in [-0.3, -0.25) is 4.68 Å². The molecule has 18 heavy (non-hydrogen) atoms. The minimum absolute atomic E-state index is 0.371. The minimum Gasteiger partial charge on any atom is -0.392 e. The SMILES string of the molecule is Cn1ccc(CC(O)CSc2cccc(Br)c2)n1. The van der Waals surface area contributed by atoms with Crippen LogP contribution in [0.3, 0.4) is 0 Å². The summed E-state index contributed by atoms with van der Waals surface area (Å²) < 4.78 is 2.82. The largest absolute Gasteiger partial charge is 0.392 e. The van der Waals surface area contributed by atoms with Crippen molar-refractivity contribution in [2.24, 2.45) is 7.05 Å². The molecule has 1 atom stereocenters. The van der Waals surface area contributed by atoms with E-state index in [1.165, 1.54) is 0 Å². The van der Waals surface area contributed by atoms with E-state index in [0.717, 1.165) is 15.1 Å². The Labute approximate surface area is 119 Å². The van der Waals surface area contributed by atoms with Gasteiger partial charge in [-0.25, -0.2) is 0 Å². The monoisotopic (exact) mass is 326 g/mol. The van der Waals surface area contributed by atoms with Crippen LogP contribution in [-0.2, 0) is 13.5 Å². The standard InChI is InChI=1S/C13H15BrN2OS/c1-16-6-5-11(15-16)8-12(17)9-18-13-4-2-3-10(14)7-13/h2-7,12,17H,8-9H2,1H3. The summed E-state index contributed by atoms with van der Waals surface area (Å²) in [5.74, 6) is 0.674. The maximum Gasteiger partial charge on any atom is 0.0690 e. The summed E-state index contributed by atoms with van der Waals surface area (Å²) in [5.41, 5.74) is 0.930. The fourth-order valence-corrected chi connectivity index (χ4v) is 3.06. The lowest BCUT2D eigenvalue weighted by atomic mass is 10.2. The molecule has 0 saturated carbocycles. The van der Waals surface area contributed by atoms with Gasteiger partial charge in [0.05, 0.1) is 11.8 Å². The van der Waals surface area contributed by atoms with Crippen molar-refractivity contribution in [3.63, 3.8) is 0 Å². The zero-order valence-corrected chi connectivity index (χ0v) is 12.5. The van der Waals surface area contributed by atoms with Gasteiger partial charge in [0.15, 0.2) is 0 Å². The zero-order chi connectivity index (χ0) is 13.0. The number of hydrogen-bond acceptors (Lipinski definition) is 3. The summed E-state index contributed by atoms with van der Waals surface area (Å²) in [7, 11) is 1.88. The molecule has 96 valence electrons. The maximum absolute atomic E-state index is 9.96. The first kappa shape index (κ1) is 13.6. The third-order valence-electron chi connectivity index (χ3n) is 2.45. The fraction of sp³-hybridized carbons (Fsp3) is 0.308. The van der Waals surface area contributed by atoms with Crippen molar-refractivity contribution in [3.8, 4) is 0 Å². The van der Waals surface area contributed by atoms with Gasteiger partial charge in [-0.2, -0.15) is 5.10 Å². The smallest absolute Gasteiger partial charge is 0.0690 e. The molecule has 1 unspecified atom stereocenters. The van der Waals surface area contributed by atoms with Gasteiger partial charge in [-0.15, -0.1) is 11.8 Å². The van der Waals surface area contributed by atoms with Crippen LogP contribution in [0.5, 0.6) is 0 Å². The molecular weight excluding hydrogens is 312 g/mol.